The molecule has 8 heteroatoms. The summed E-state index contributed by atoms with van der Waals surface area (Å²) in [7, 11) is 0. The molecule has 0 unspecified atom stereocenters. The van der Waals surface area contributed by atoms with Crippen LogP contribution in [0.1, 0.15) is 62.2 Å². The van der Waals surface area contributed by atoms with Gasteiger partial charge in [-0.1, -0.05) is 42.3 Å². The van der Waals surface area contributed by atoms with Crippen molar-refractivity contribution in [2.75, 3.05) is 26.4 Å². The maximum Gasteiger partial charge on any atom is 0.373 e. The molecule has 8 nitrogen and oxygen atoms in total. The van der Waals surface area contributed by atoms with Gasteiger partial charge in [-0.2, -0.15) is 0 Å². The molecule has 2 aromatic rings. The van der Waals surface area contributed by atoms with E-state index in [4.69, 9.17) is 29.0 Å². The van der Waals surface area contributed by atoms with Crippen LogP contribution in [0.5, 0.6) is 0 Å². The minimum absolute atomic E-state index is 0.0695. The lowest BCUT2D eigenvalue weighted by molar-refractivity contribution is -0.364. The second-order valence-electron chi connectivity index (χ2n) is 8.10. The molecule has 0 fully saturated rings. The molecule has 0 saturated carbocycles. The minimum atomic E-state index is -0.701. The molecule has 0 spiro atoms. The summed E-state index contributed by atoms with van der Waals surface area (Å²) in [5.41, 5.74) is 4.21. The van der Waals surface area contributed by atoms with Crippen molar-refractivity contribution in [3.05, 3.63) is 83.0 Å². The van der Waals surface area contributed by atoms with E-state index in [1.54, 1.807) is 38.1 Å². The van der Waals surface area contributed by atoms with Gasteiger partial charge in [0.15, 0.2) is 0 Å². The zero-order chi connectivity index (χ0) is 25.6. The quantitative estimate of drug-likeness (QED) is 0.190. The smallest absolute Gasteiger partial charge is 0.373 e. The van der Waals surface area contributed by atoms with Crippen molar-refractivity contribution in [1.82, 2.24) is 0 Å². The van der Waals surface area contributed by atoms with Gasteiger partial charge < -0.3 is 9.47 Å². The Labute approximate surface area is 207 Å². The van der Waals surface area contributed by atoms with Crippen molar-refractivity contribution < 1.29 is 38.6 Å². The summed E-state index contributed by atoms with van der Waals surface area (Å²) in [6, 6.07) is 10.6. The Balaban J connectivity index is 1.90. The van der Waals surface area contributed by atoms with Gasteiger partial charge in [0.2, 0.25) is 0 Å². The van der Waals surface area contributed by atoms with Crippen LogP contribution in [0.3, 0.4) is 0 Å². The fraction of sp³-hybridized carbons (Fsp3) is 0.407. The molecule has 2 rings (SSSR count). The summed E-state index contributed by atoms with van der Waals surface area (Å²) < 4.78 is 10.9. The summed E-state index contributed by atoms with van der Waals surface area (Å²) in [5, 5.41) is 0. The van der Waals surface area contributed by atoms with Gasteiger partial charge >= 0.3 is 18.2 Å². The van der Waals surface area contributed by atoms with E-state index in [0.717, 1.165) is 28.7 Å². The van der Waals surface area contributed by atoms with E-state index in [-0.39, 0.29) is 19.3 Å². The predicted octanol–water partition coefficient (Wildman–Crippen LogP) is 5.32. The number of ether oxygens (including phenoxy) is 2. The zero-order valence-corrected chi connectivity index (χ0v) is 20.9. The number of carbonyl (C=O) groups is 2. The molecule has 0 aliphatic heterocycles. The number of carbonyl (C=O) groups excluding carboxylic acids is 2. The van der Waals surface area contributed by atoms with Crippen molar-refractivity contribution >= 4 is 11.9 Å². The Hall–Kier alpha value is -2.78. The third-order valence-corrected chi connectivity index (χ3v) is 4.94. The average Bonchev–Trinajstić information content (AvgIpc) is 2.81. The molecular weight excluding hydrogens is 452 g/mol. The molecule has 0 amide bonds. The molecule has 0 saturated heterocycles. The largest absolute Gasteiger partial charge is 0.381 e. The Morgan fingerprint density at radius 2 is 1.17 bits per heavy atom. The molecule has 0 atom stereocenters. The predicted molar refractivity (Wildman–Crippen MR) is 129 cm³/mol. The van der Waals surface area contributed by atoms with Crippen LogP contribution in [0.4, 0.5) is 0 Å². The lowest BCUT2D eigenvalue weighted by Crippen LogP contribution is -2.18. The average molecular weight is 487 g/mol. The summed E-state index contributed by atoms with van der Waals surface area (Å²) in [4.78, 5) is 45.0. The van der Waals surface area contributed by atoms with Crippen molar-refractivity contribution in [3.63, 3.8) is 0 Å². The van der Waals surface area contributed by atoms with Crippen LogP contribution in [0.2, 0.25) is 0 Å². The lowest BCUT2D eigenvalue weighted by Gasteiger charge is -2.15. The molecule has 2 radical (unpaired) electrons. The first kappa shape index (κ1) is 28.5. The van der Waals surface area contributed by atoms with E-state index in [2.05, 4.69) is 6.92 Å². The number of benzene rings is 2. The Morgan fingerprint density at radius 1 is 0.686 bits per heavy atom. The second kappa shape index (κ2) is 15.3. The molecule has 2 aromatic carbocycles. The first-order valence-electron chi connectivity index (χ1n) is 11.5. The van der Waals surface area contributed by atoms with Crippen LogP contribution in [0, 0.1) is 40.9 Å². The fourth-order valence-corrected chi connectivity index (χ4v) is 3.17. The molecule has 0 aliphatic carbocycles. The van der Waals surface area contributed by atoms with Gasteiger partial charge in [0.05, 0.1) is 17.7 Å². The Morgan fingerprint density at radius 3 is 1.63 bits per heavy atom. The van der Waals surface area contributed by atoms with Gasteiger partial charge in [-0.05, 0) is 63.8 Å². The molecule has 35 heavy (non-hydrogen) atoms. The minimum Gasteiger partial charge on any atom is -0.381 e. The van der Waals surface area contributed by atoms with Gasteiger partial charge in [0.25, 0.3) is 0 Å². The number of hydrogen-bond donors (Lipinski definition) is 0. The van der Waals surface area contributed by atoms with Gasteiger partial charge in [-0.3, -0.25) is 9.78 Å². The van der Waals surface area contributed by atoms with Gasteiger partial charge in [-0.25, -0.2) is 9.59 Å². The normalized spacial score (nSPS) is 11.0. The standard InChI is InChI=1S/C27H34O8/c1-6-13-30-14-7-15-31-16-12-25(32-34-26(28)23-10-8-19(2)17-21(23)4)33-35-27(29)24-11-9-20(3)18-22(24)5/h8-11,17-18H,1,6-7,12-16H2,2-5H3. The topological polar surface area (TPSA) is 89.5 Å². The maximum atomic E-state index is 12.4. The fourth-order valence-electron chi connectivity index (χ4n) is 3.17. The van der Waals surface area contributed by atoms with Crippen LogP contribution in [-0.2, 0) is 29.0 Å². The molecule has 0 heterocycles. The third kappa shape index (κ3) is 10.2. The second-order valence-corrected chi connectivity index (χ2v) is 8.10. The summed E-state index contributed by atoms with van der Waals surface area (Å²) in [6.45, 7) is 13.0. The molecule has 190 valence electrons. The first-order chi connectivity index (χ1) is 16.8. The van der Waals surface area contributed by atoms with E-state index in [1.807, 2.05) is 26.0 Å². The highest BCUT2D eigenvalue weighted by Crippen LogP contribution is 2.18. The SMILES string of the molecule is [CH2]CCOCCCOCC[C](OOC(=O)c1ccc(C)cc1C)OOC(=O)c1ccc(C)cc1C. The monoisotopic (exact) mass is 486 g/mol. The first-order valence-corrected chi connectivity index (χ1v) is 11.5. The van der Waals surface area contributed by atoms with Gasteiger partial charge in [0, 0.05) is 26.2 Å². The Kier molecular flexibility index (Phi) is 12.4. The maximum absolute atomic E-state index is 12.4. The molecule has 0 bridgehead atoms. The highest BCUT2D eigenvalue weighted by Gasteiger charge is 2.23. The van der Waals surface area contributed by atoms with Crippen LogP contribution in [-0.4, -0.2) is 38.4 Å². The lowest BCUT2D eigenvalue weighted by atomic mass is 10.1. The van der Waals surface area contributed by atoms with Crippen LogP contribution < -0.4 is 0 Å². The third-order valence-electron chi connectivity index (χ3n) is 4.94. The van der Waals surface area contributed by atoms with E-state index in [9.17, 15) is 9.59 Å². The molecule has 0 aromatic heterocycles. The molecule has 0 N–H and O–H groups in total. The van der Waals surface area contributed by atoms with Gasteiger partial charge in [-0.15, -0.1) is 9.78 Å². The van der Waals surface area contributed by atoms with E-state index < -0.39 is 11.9 Å². The molecular formula is C27H34O8. The zero-order valence-electron chi connectivity index (χ0n) is 20.9. The van der Waals surface area contributed by atoms with E-state index in [0.29, 0.717) is 37.4 Å². The van der Waals surface area contributed by atoms with Crippen LogP contribution in [0.25, 0.3) is 0 Å². The summed E-state index contributed by atoms with van der Waals surface area (Å²) >= 11 is 0. The summed E-state index contributed by atoms with van der Waals surface area (Å²) in [6.07, 6.45) is 1.27. The van der Waals surface area contributed by atoms with Crippen molar-refractivity contribution in [1.29, 1.82) is 0 Å². The van der Waals surface area contributed by atoms with Crippen LogP contribution >= 0.6 is 0 Å². The number of aryl methyl sites for hydroxylation is 4. The molecule has 0 aliphatic rings. The van der Waals surface area contributed by atoms with Crippen molar-refractivity contribution in [3.8, 4) is 0 Å². The Bertz CT molecular complexity index is 889. The summed E-state index contributed by atoms with van der Waals surface area (Å²) in [5.74, 6) is -1.40. The highest BCUT2D eigenvalue weighted by atomic mass is 17.3. The highest BCUT2D eigenvalue weighted by molar-refractivity contribution is 5.91. The number of rotatable bonds is 15. The van der Waals surface area contributed by atoms with E-state index in [1.165, 1.54) is 0 Å². The van der Waals surface area contributed by atoms with Crippen molar-refractivity contribution in [2.24, 2.45) is 0 Å². The van der Waals surface area contributed by atoms with Crippen molar-refractivity contribution in [2.45, 2.75) is 47.0 Å². The van der Waals surface area contributed by atoms with Crippen LogP contribution in [0.15, 0.2) is 36.4 Å². The number of hydrogen-bond acceptors (Lipinski definition) is 8. The van der Waals surface area contributed by atoms with Gasteiger partial charge in [0.1, 0.15) is 0 Å². The van der Waals surface area contributed by atoms with E-state index >= 15 is 0 Å².